The number of nitrogens with zero attached hydrogens (tertiary/aromatic N) is 2. The first kappa shape index (κ1) is 29.7. The van der Waals surface area contributed by atoms with Gasteiger partial charge in [-0.25, -0.2) is 9.18 Å². The summed E-state index contributed by atoms with van der Waals surface area (Å²) in [6, 6.07) is 3.16. The summed E-state index contributed by atoms with van der Waals surface area (Å²) < 4.78 is 23.4. The maximum atomic E-state index is 15.6. The summed E-state index contributed by atoms with van der Waals surface area (Å²) in [5, 5.41) is 6.27. The summed E-state index contributed by atoms with van der Waals surface area (Å²) in [5.41, 5.74) is 10.2. The molecule has 0 atom stereocenters. The van der Waals surface area contributed by atoms with E-state index in [1.54, 1.807) is 0 Å². The first-order valence-electron chi connectivity index (χ1n) is 16.0. The number of fused-ring (bicyclic) bond motifs is 3. The number of aromatic nitrogens is 1. The van der Waals surface area contributed by atoms with Crippen LogP contribution in [0.4, 0.5) is 14.9 Å². The molecule has 10 heteroatoms. The van der Waals surface area contributed by atoms with Crippen LogP contribution in [0.2, 0.25) is 0 Å². The summed E-state index contributed by atoms with van der Waals surface area (Å²) in [5.74, 6) is -1.34. The molecule has 1 saturated carbocycles. The summed E-state index contributed by atoms with van der Waals surface area (Å²) in [7, 11) is 0. The Labute approximate surface area is 252 Å². The van der Waals surface area contributed by atoms with Gasteiger partial charge in [0.25, 0.3) is 5.91 Å². The molecule has 1 aromatic carbocycles. The van der Waals surface area contributed by atoms with Crippen LogP contribution in [0, 0.1) is 11.2 Å². The Hall–Kier alpha value is -3.40. The van der Waals surface area contributed by atoms with E-state index in [9.17, 15) is 14.4 Å². The van der Waals surface area contributed by atoms with Crippen LogP contribution in [0.3, 0.4) is 0 Å². The maximum Gasteiger partial charge on any atom is 0.407 e. The number of likely N-dealkylation sites (tertiary alicyclic amines) is 1. The molecule has 0 radical (unpaired) electrons. The highest BCUT2D eigenvalue weighted by atomic mass is 19.1. The zero-order chi connectivity index (χ0) is 30.3. The highest BCUT2D eigenvalue weighted by Crippen LogP contribution is 2.43. The number of nitrogens with one attached hydrogen (secondary N) is 2. The van der Waals surface area contributed by atoms with Gasteiger partial charge >= 0.3 is 6.09 Å². The van der Waals surface area contributed by atoms with Crippen molar-refractivity contribution in [3.05, 3.63) is 46.0 Å². The average Bonchev–Trinajstić information content (AvgIpc) is 3.66. The zero-order valence-electron chi connectivity index (χ0n) is 25.4. The van der Waals surface area contributed by atoms with Gasteiger partial charge in [-0.15, -0.1) is 0 Å². The minimum Gasteiger partial charge on any atom is -0.446 e. The number of carbonyl (C=O) groups excluding carboxylic acids is 3. The topological polar surface area (TPSA) is 119 Å². The molecule has 2 heterocycles. The number of ether oxygens (including phenoxy) is 1. The smallest absolute Gasteiger partial charge is 0.407 e. The van der Waals surface area contributed by atoms with Crippen LogP contribution in [0.25, 0.3) is 5.69 Å². The van der Waals surface area contributed by atoms with E-state index < -0.39 is 11.7 Å². The number of primary amides is 1. The van der Waals surface area contributed by atoms with Crippen molar-refractivity contribution in [3.8, 4) is 5.69 Å². The van der Waals surface area contributed by atoms with Crippen LogP contribution in [0.1, 0.15) is 103 Å². The van der Waals surface area contributed by atoms with Gasteiger partial charge in [0.1, 0.15) is 11.9 Å². The number of Topliss-reactive ketones (excluding diaryl/α,β-unsaturated/α-hetero) is 1. The molecular weight excluding hydrogens is 549 g/mol. The fourth-order valence-corrected chi connectivity index (χ4v) is 7.69. The van der Waals surface area contributed by atoms with Gasteiger partial charge in [0, 0.05) is 42.5 Å². The number of anilines is 1. The third-order valence-electron chi connectivity index (χ3n) is 9.67. The fraction of sp³-hybridized carbons (Fsp3) is 0.606. The van der Waals surface area contributed by atoms with E-state index in [2.05, 4.69) is 33.9 Å². The van der Waals surface area contributed by atoms with Crippen LogP contribution in [0.15, 0.2) is 12.1 Å². The number of benzene rings is 1. The number of halogens is 1. The minimum absolute atomic E-state index is 0.0318. The first-order valence-corrected chi connectivity index (χ1v) is 16.0. The number of rotatable bonds is 8. The van der Waals surface area contributed by atoms with Crippen molar-refractivity contribution in [2.75, 3.05) is 31.5 Å². The lowest BCUT2D eigenvalue weighted by atomic mass is 9.75. The van der Waals surface area contributed by atoms with Gasteiger partial charge < -0.3 is 30.6 Å². The molecule has 1 aromatic heterocycles. The lowest BCUT2D eigenvalue weighted by Crippen LogP contribution is -2.37. The van der Waals surface area contributed by atoms with Crippen LogP contribution >= 0.6 is 0 Å². The van der Waals surface area contributed by atoms with E-state index in [1.807, 2.05) is 6.07 Å². The molecule has 0 spiro atoms. The Morgan fingerprint density at radius 3 is 2.51 bits per heavy atom. The van der Waals surface area contributed by atoms with Gasteiger partial charge in [-0.05, 0) is 100 Å². The SMILES string of the molecule is CC1(C)CC(=O)c2c3c(n(-c4cc(F)c(C(N)=O)c(N[C@H]5CC[C@H](OC(=O)NCCN6CCCC6)CC5)c4)c2C1)CCC3. The van der Waals surface area contributed by atoms with Gasteiger partial charge in [0.05, 0.1) is 16.9 Å². The molecule has 0 bridgehead atoms. The van der Waals surface area contributed by atoms with Crippen LogP contribution in [-0.2, 0) is 24.0 Å². The van der Waals surface area contributed by atoms with E-state index in [-0.39, 0.29) is 35.0 Å². The summed E-state index contributed by atoms with van der Waals surface area (Å²) in [4.78, 5) is 40.3. The minimum atomic E-state index is -0.828. The molecule has 2 amide bonds. The number of alkyl carbamates (subject to hydrolysis) is 1. The molecule has 9 nitrogen and oxygen atoms in total. The molecule has 4 aliphatic rings. The molecule has 6 rings (SSSR count). The predicted molar refractivity (Wildman–Crippen MR) is 163 cm³/mol. The maximum absolute atomic E-state index is 15.6. The molecule has 43 heavy (non-hydrogen) atoms. The van der Waals surface area contributed by atoms with Crippen molar-refractivity contribution >= 4 is 23.5 Å². The van der Waals surface area contributed by atoms with E-state index >= 15 is 4.39 Å². The third-order valence-corrected chi connectivity index (χ3v) is 9.67. The largest absolute Gasteiger partial charge is 0.446 e. The van der Waals surface area contributed by atoms with E-state index in [0.29, 0.717) is 50.0 Å². The van der Waals surface area contributed by atoms with Crippen molar-refractivity contribution in [1.82, 2.24) is 14.8 Å². The molecule has 3 aliphatic carbocycles. The molecule has 1 aliphatic heterocycles. The second kappa shape index (κ2) is 11.9. The van der Waals surface area contributed by atoms with Gasteiger partial charge in [-0.3, -0.25) is 9.59 Å². The summed E-state index contributed by atoms with van der Waals surface area (Å²) in [6.07, 6.45) is 8.47. The van der Waals surface area contributed by atoms with Gasteiger partial charge in [-0.1, -0.05) is 13.8 Å². The standard InChI is InChI=1S/C33H44FN5O4/c1-33(2)18-27-29(28(40)19-33)23-6-5-7-26(23)39(27)21-16-24(34)30(31(35)41)25(17-21)37-20-8-10-22(11-9-20)43-32(42)36-12-15-38-13-3-4-14-38/h16-17,20,22,37H,3-15,18-19H2,1-2H3,(H2,35,41)(H,36,42)/t20-,22-. The quantitative estimate of drug-likeness (QED) is 0.401. The lowest BCUT2D eigenvalue weighted by molar-refractivity contribution is 0.0727. The van der Waals surface area contributed by atoms with Crippen LogP contribution in [0.5, 0.6) is 0 Å². The van der Waals surface area contributed by atoms with Gasteiger partial charge in [0.2, 0.25) is 0 Å². The van der Waals surface area contributed by atoms with Crippen molar-refractivity contribution in [2.24, 2.45) is 11.1 Å². The number of amides is 2. The van der Waals surface area contributed by atoms with E-state index in [4.69, 9.17) is 10.5 Å². The monoisotopic (exact) mass is 593 g/mol. The predicted octanol–water partition coefficient (Wildman–Crippen LogP) is 4.90. The Balaban J connectivity index is 1.17. The second-order valence-corrected chi connectivity index (χ2v) is 13.6. The van der Waals surface area contributed by atoms with Gasteiger partial charge in [-0.2, -0.15) is 0 Å². The van der Waals surface area contributed by atoms with Crippen LogP contribution in [-0.4, -0.2) is 65.6 Å². The van der Waals surface area contributed by atoms with Crippen LogP contribution < -0.4 is 16.4 Å². The molecule has 0 unspecified atom stereocenters. The molecule has 2 fully saturated rings. The highest BCUT2D eigenvalue weighted by Gasteiger charge is 2.39. The molecule has 4 N–H and O–H groups in total. The number of hydrogen-bond donors (Lipinski definition) is 3. The Bertz CT molecular complexity index is 1420. The Morgan fingerprint density at radius 1 is 1.05 bits per heavy atom. The Kier molecular flexibility index (Phi) is 8.24. The second-order valence-electron chi connectivity index (χ2n) is 13.6. The Morgan fingerprint density at radius 2 is 1.79 bits per heavy atom. The van der Waals surface area contributed by atoms with Crippen molar-refractivity contribution in [1.29, 1.82) is 0 Å². The average molecular weight is 594 g/mol. The third kappa shape index (κ3) is 6.16. The molecule has 1 saturated heterocycles. The number of nitrogens with two attached hydrogens (primary N) is 1. The summed E-state index contributed by atoms with van der Waals surface area (Å²) in [6.45, 7) is 7.79. The lowest BCUT2D eigenvalue weighted by Gasteiger charge is -2.31. The van der Waals surface area contributed by atoms with Crippen molar-refractivity contribution in [3.63, 3.8) is 0 Å². The number of hydrogen-bond acceptors (Lipinski definition) is 6. The number of ketones is 1. The van der Waals surface area contributed by atoms with Crippen molar-refractivity contribution in [2.45, 2.75) is 96.6 Å². The molecule has 232 valence electrons. The summed E-state index contributed by atoms with van der Waals surface area (Å²) >= 11 is 0. The van der Waals surface area contributed by atoms with Gasteiger partial charge in [0.15, 0.2) is 5.78 Å². The van der Waals surface area contributed by atoms with Crippen molar-refractivity contribution < 1.29 is 23.5 Å². The normalized spacial score (nSPS) is 23.1. The first-order chi connectivity index (χ1) is 20.6. The fourth-order valence-electron chi connectivity index (χ4n) is 7.69. The number of carbonyl (C=O) groups is 3. The zero-order valence-corrected chi connectivity index (χ0v) is 25.4. The van der Waals surface area contributed by atoms with E-state index in [1.165, 1.54) is 18.9 Å². The molecule has 2 aromatic rings. The molecular formula is C33H44FN5O4. The highest BCUT2D eigenvalue weighted by molar-refractivity contribution is 6.01. The van der Waals surface area contributed by atoms with E-state index in [0.717, 1.165) is 67.8 Å².